The van der Waals surface area contributed by atoms with Crippen LogP contribution in [0.1, 0.15) is 33.7 Å². The molecule has 0 aliphatic carbocycles. The molecule has 0 aliphatic rings. The zero-order valence-electron chi connectivity index (χ0n) is 16.6. The molecule has 0 amide bonds. The van der Waals surface area contributed by atoms with Crippen LogP contribution < -0.4 is 5.69 Å². The second-order valence-corrected chi connectivity index (χ2v) is 7.56. The van der Waals surface area contributed by atoms with Gasteiger partial charge in [0.25, 0.3) is 0 Å². The van der Waals surface area contributed by atoms with Gasteiger partial charge in [0.2, 0.25) is 5.16 Å². The summed E-state index contributed by atoms with van der Waals surface area (Å²) in [5.74, 6) is -0.920. The van der Waals surface area contributed by atoms with Crippen molar-refractivity contribution in [1.82, 2.24) is 19.2 Å². The van der Waals surface area contributed by atoms with Gasteiger partial charge < -0.3 is 9.47 Å². The predicted octanol–water partition coefficient (Wildman–Crippen LogP) is 2.21. The van der Waals surface area contributed by atoms with Gasteiger partial charge >= 0.3 is 17.6 Å². The quantitative estimate of drug-likeness (QED) is 0.425. The molecule has 2 atom stereocenters. The Kier molecular flexibility index (Phi) is 6.21. The molecule has 1 aromatic carbocycles. The summed E-state index contributed by atoms with van der Waals surface area (Å²) in [5.41, 5.74) is 0.423. The van der Waals surface area contributed by atoms with Crippen LogP contribution in [0.2, 0.25) is 0 Å². The summed E-state index contributed by atoms with van der Waals surface area (Å²) in [4.78, 5) is 37.7. The van der Waals surface area contributed by atoms with Crippen molar-refractivity contribution in [2.24, 2.45) is 0 Å². The highest BCUT2D eigenvalue weighted by Gasteiger charge is 2.26. The molecular weight excluding hydrogens is 396 g/mol. The van der Waals surface area contributed by atoms with Gasteiger partial charge in [-0.05, 0) is 39.8 Å². The van der Waals surface area contributed by atoms with Crippen molar-refractivity contribution in [3.63, 3.8) is 0 Å². The van der Waals surface area contributed by atoms with E-state index in [0.717, 1.165) is 11.8 Å². The summed E-state index contributed by atoms with van der Waals surface area (Å²) in [6.07, 6.45) is 0. The van der Waals surface area contributed by atoms with Gasteiger partial charge in [-0.25, -0.2) is 14.0 Å². The standard InChI is InChI=1S/C19H22N4O5S/c1-5-27-16(24)11(3)22-14-10-8-7-9-13(14)15-20-21-18(23(15)19(22)26)29-12(4)17(25)28-6-2/h7-12H,5-6H2,1-4H3. The Morgan fingerprint density at radius 1 is 1.07 bits per heavy atom. The normalized spacial score (nSPS) is 13.4. The van der Waals surface area contributed by atoms with Crippen LogP contribution in [-0.4, -0.2) is 49.6 Å². The van der Waals surface area contributed by atoms with Crippen molar-refractivity contribution < 1.29 is 19.1 Å². The van der Waals surface area contributed by atoms with E-state index in [1.807, 2.05) is 6.07 Å². The first-order valence-electron chi connectivity index (χ1n) is 9.28. The third-order valence-corrected chi connectivity index (χ3v) is 5.37. The first-order valence-corrected chi connectivity index (χ1v) is 10.2. The van der Waals surface area contributed by atoms with Crippen LogP contribution in [0.15, 0.2) is 34.2 Å². The Morgan fingerprint density at radius 2 is 1.72 bits per heavy atom. The summed E-state index contributed by atoms with van der Waals surface area (Å²) in [5, 5.41) is 8.60. The summed E-state index contributed by atoms with van der Waals surface area (Å²) >= 11 is 1.07. The van der Waals surface area contributed by atoms with Gasteiger partial charge in [-0.3, -0.25) is 9.36 Å². The van der Waals surface area contributed by atoms with Crippen LogP contribution in [0.25, 0.3) is 16.6 Å². The number of carbonyl (C=O) groups excluding carboxylic acids is 2. The van der Waals surface area contributed by atoms with E-state index < -0.39 is 28.9 Å². The van der Waals surface area contributed by atoms with E-state index in [1.165, 1.54) is 8.97 Å². The topological polar surface area (TPSA) is 105 Å². The molecular formula is C19H22N4O5S. The van der Waals surface area contributed by atoms with Crippen LogP contribution in [0.4, 0.5) is 0 Å². The Hall–Kier alpha value is -2.88. The second kappa shape index (κ2) is 8.64. The van der Waals surface area contributed by atoms with Gasteiger partial charge in [0.15, 0.2) is 5.65 Å². The first kappa shape index (κ1) is 20.8. The molecule has 0 saturated carbocycles. The minimum Gasteiger partial charge on any atom is -0.465 e. The number of ether oxygens (including phenoxy) is 2. The fourth-order valence-electron chi connectivity index (χ4n) is 2.99. The number of carbonyl (C=O) groups is 2. The van der Waals surface area contributed by atoms with E-state index >= 15 is 0 Å². The van der Waals surface area contributed by atoms with Crippen LogP contribution in [0.5, 0.6) is 0 Å². The maximum atomic E-state index is 13.4. The molecule has 3 rings (SSSR count). The van der Waals surface area contributed by atoms with Gasteiger partial charge in [-0.15, -0.1) is 10.2 Å². The Bertz CT molecular complexity index is 1120. The lowest BCUT2D eigenvalue weighted by Crippen LogP contribution is -2.34. The number of thioether (sulfide) groups is 1. The second-order valence-electron chi connectivity index (χ2n) is 6.25. The van der Waals surface area contributed by atoms with Gasteiger partial charge in [0.1, 0.15) is 11.3 Å². The Labute approximate surface area is 171 Å². The summed E-state index contributed by atoms with van der Waals surface area (Å²) in [6, 6.07) is 6.29. The molecule has 0 aliphatic heterocycles. The molecule has 0 N–H and O–H groups in total. The fraction of sp³-hybridized carbons (Fsp3) is 0.421. The third kappa shape index (κ3) is 3.84. The number of esters is 2. The van der Waals surface area contributed by atoms with E-state index in [-0.39, 0.29) is 18.4 Å². The Morgan fingerprint density at radius 3 is 2.41 bits per heavy atom. The molecule has 154 valence electrons. The van der Waals surface area contributed by atoms with E-state index in [2.05, 4.69) is 10.2 Å². The van der Waals surface area contributed by atoms with Gasteiger partial charge in [-0.1, -0.05) is 23.9 Å². The Balaban J connectivity index is 2.20. The van der Waals surface area contributed by atoms with Crippen molar-refractivity contribution in [3.8, 4) is 0 Å². The number of fused-ring (bicyclic) bond motifs is 3. The molecule has 0 radical (unpaired) electrons. The van der Waals surface area contributed by atoms with Crippen LogP contribution >= 0.6 is 11.8 Å². The predicted molar refractivity (Wildman–Crippen MR) is 108 cm³/mol. The fourth-order valence-corrected chi connectivity index (χ4v) is 3.82. The molecule has 2 aromatic heterocycles. The van der Waals surface area contributed by atoms with Crippen molar-refractivity contribution in [2.45, 2.75) is 44.1 Å². The van der Waals surface area contributed by atoms with Crippen molar-refractivity contribution in [2.75, 3.05) is 13.2 Å². The highest BCUT2D eigenvalue weighted by Crippen LogP contribution is 2.26. The van der Waals surface area contributed by atoms with Crippen molar-refractivity contribution in [1.29, 1.82) is 0 Å². The van der Waals surface area contributed by atoms with E-state index in [4.69, 9.17) is 9.47 Å². The average molecular weight is 418 g/mol. The van der Waals surface area contributed by atoms with Gasteiger partial charge in [-0.2, -0.15) is 0 Å². The maximum absolute atomic E-state index is 13.4. The van der Waals surface area contributed by atoms with Crippen molar-refractivity contribution in [3.05, 3.63) is 34.7 Å². The minimum atomic E-state index is -0.848. The molecule has 0 spiro atoms. The van der Waals surface area contributed by atoms with Crippen LogP contribution in [-0.2, 0) is 19.1 Å². The highest BCUT2D eigenvalue weighted by molar-refractivity contribution is 8.00. The van der Waals surface area contributed by atoms with Crippen LogP contribution in [0.3, 0.4) is 0 Å². The zero-order chi connectivity index (χ0) is 21.1. The van der Waals surface area contributed by atoms with E-state index in [0.29, 0.717) is 16.6 Å². The number of aromatic nitrogens is 4. The lowest BCUT2D eigenvalue weighted by Gasteiger charge is -2.17. The summed E-state index contributed by atoms with van der Waals surface area (Å²) in [7, 11) is 0. The molecule has 3 aromatic rings. The third-order valence-electron chi connectivity index (χ3n) is 4.35. The molecule has 2 unspecified atom stereocenters. The smallest absolute Gasteiger partial charge is 0.337 e. The highest BCUT2D eigenvalue weighted by atomic mass is 32.2. The lowest BCUT2D eigenvalue weighted by molar-refractivity contribution is -0.146. The number of para-hydroxylation sites is 1. The lowest BCUT2D eigenvalue weighted by atomic mass is 10.2. The monoisotopic (exact) mass is 418 g/mol. The van der Waals surface area contributed by atoms with Crippen LogP contribution in [0, 0.1) is 0 Å². The summed E-state index contributed by atoms with van der Waals surface area (Å²) in [6.45, 7) is 7.19. The summed E-state index contributed by atoms with van der Waals surface area (Å²) < 4.78 is 12.8. The molecule has 0 fully saturated rings. The zero-order valence-corrected chi connectivity index (χ0v) is 17.4. The number of rotatable bonds is 7. The molecule has 9 nitrogen and oxygen atoms in total. The molecule has 29 heavy (non-hydrogen) atoms. The number of nitrogens with zero attached hydrogens (tertiary/aromatic N) is 4. The van der Waals surface area contributed by atoms with Crippen molar-refractivity contribution >= 4 is 40.3 Å². The molecule has 10 heteroatoms. The maximum Gasteiger partial charge on any atom is 0.337 e. The minimum absolute atomic E-state index is 0.211. The van der Waals surface area contributed by atoms with Gasteiger partial charge in [0, 0.05) is 5.39 Å². The number of benzene rings is 1. The molecule has 2 heterocycles. The first-order chi connectivity index (χ1) is 13.9. The van der Waals surface area contributed by atoms with E-state index in [9.17, 15) is 14.4 Å². The largest absolute Gasteiger partial charge is 0.465 e. The number of hydrogen-bond donors (Lipinski definition) is 0. The van der Waals surface area contributed by atoms with Gasteiger partial charge in [0.05, 0.1) is 18.7 Å². The number of hydrogen-bond acceptors (Lipinski definition) is 8. The molecule has 0 saturated heterocycles. The van der Waals surface area contributed by atoms with E-state index in [1.54, 1.807) is 45.9 Å². The molecule has 0 bridgehead atoms. The average Bonchev–Trinajstić information content (AvgIpc) is 3.12. The SMILES string of the molecule is CCOC(=O)C(C)Sc1nnc2c3ccccc3n(C(C)C(=O)OCC)c(=O)n12.